The molecule has 0 unspecified atom stereocenters. The van der Waals surface area contributed by atoms with Crippen LogP contribution in [0, 0.1) is 6.92 Å². The molecule has 3 aromatic carbocycles. The second-order valence-corrected chi connectivity index (χ2v) is 6.17. The Morgan fingerprint density at radius 2 is 1.52 bits per heavy atom. The normalized spacial score (nSPS) is 10.8. The number of rotatable bonds is 4. The molecule has 2 heteroatoms. The molecule has 0 fully saturated rings. The van der Waals surface area contributed by atoms with E-state index in [0.29, 0.717) is 6.61 Å². The number of benzene rings is 3. The fourth-order valence-electron chi connectivity index (χ4n) is 2.92. The van der Waals surface area contributed by atoms with E-state index >= 15 is 0 Å². The molecule has 0 radical (unpaired) electrons. The highest BCUT2D eigenvalue weighted by molar-refractivity contribution is 5.88. The molecule has 0 saturated carbocycles. The SMILES string of the molecule is Cc1ccc2nc(-c3ccccc3)cc(OCc3ccccc3)c2c1. The van der Waals surface area contributed by atoms with Crippen molar-refractivity contribution in [2.45, 2.75) is 13.5 Å². The van der Waals surface area contributed by atoms with Gasteiger partial charge in [-0.05, 0) is 24.6 Å². The fraction of sp³-hybridized carbons (Fsp3) is 0.0870. The highest BCUT2D eigenvalue weighted by atomic mass is 16.5. The molecule has 0 aliphatic heterocycles. The second-order valence-electron chi connectivity index (χ2n) is 6.17. The standard InChI is InChI=1S/C23H19NO/c1-17-12-13-21-20(14-17)23(25-16-18-8-4-2-5-9-18)15-22(24-21)19-10-6-3-7-11-19/h2-15H,16H2,1H3. The number of fused-ring (bicyclic) bond motifs is 1. The zero-order chi connectivity index (χ0) is 17.1. The van der Waals surface area contributed by atoms with Crippen molar-refractivity contribution in [3.8, 4) is 17.0 Å². The van der Waals surface area contributed by atoms with Gasteiger partial charge in [0.2, 0.25) is 0 Å². The van der Waals surface area contributed by atoms with Gasteiger partial charge in [-0.25, -0.2) is 4.98 Å². The third-order valence-electron chi connectivity index (χ3n) is 4.23. The van der Waals surface area contributed by atoms with Gasteiger partial charge >= 0.3 is 0 Å². The van der Waals surface area contributed by atoms with Gasteiger partial charge in [0.15, 0.2) is 0 Å². The van der Waals surface area contributed by atoms with Crippen molar-refractivity contribution in [1.82, 2.24) is 4.98 Å². The number of hydrogen-bond donors (Lipinski definition) is 0. The Balaban J connectivity index is 1.78. The number of ether oxygens (including phenoxy) is 1. The van der Waals surface area contributed by atoms with Crippen molar-refractivity contribution in [2.75, 3.05) is 0 Å². The van der Waals surface area contributed by atoms with Gasteiger partial charge in [-0.2, -0.15) is 0 Å². The summed E-state index contributed by atoms with van der Waals surface area (Å²) in [5, 5.41) is 1.05. The van der Waals surface area contributed by atoms with Crippen LogP contribution >= 0.6 is 0 Å². The Labute approximate surface area is 147 Å². The first-order valence-corrected chi connectivity index (χ1v) is 8.43. The van der Waals surface area contributed by atoms with Gasteiger partial charge in [-0.3, -0.25) is 0 Å². The molecule has 0 bridgehead atoms. The first kappa shape index (κ1) is 15.4. The van der Waals surface area contributed by atoms with Gasteiger partial charge in [0.05, 0.1) is 11.2 Å². The van der Waals surface area contributed by atoms with E-state index in [9.17, 15) is 0 Å². The highest BCUT2D eigenvalue weighted by Crippen LogP contribution is 2.31. The van der Waals surface area contributed by atoms with Crippen molar-refractivity contribution < 1.29 is 4.74 Å². The molecule has 2 nitrogen and oxygen atoms in total. The minimum absolute atomic E-state index is 0.544. The number of pyridine rings is 1. The van der Waals surface area contributed by atoms with Gasteiger partial charge in [-0.15, -0.1) is 0 Å². The maximum atomic E-state index is 6.18. The van der Waals surface area contributed by atoms with Gasteiger partial charge in [-0.1, -0.05) is 72.3 Å². The first-order valence-electron chi connectivity index (χ1n) is 8.43. The van der Waals surface area contributed by atoms with Crippen LogP contribution in [0.2, 0.25) is 0 Å². The van der Waals surface area contributed by atoms with Crippen LogP contribution < -0.4 is 4.74 Å². The molecule has 4 aromatic rings. The van der Waals surface area contributed by atoms with E-state index in [1.54, 1.807) is 0 Å². The number of aromatic nitrogens is 1. The van der Waals surface area contributed by atoms with Crippen molar-refractivity contribution in [3.05, 3.63) is 96.1 Å². The molecule has 0 atom stereocenters. The van der Waals surface area contributed by atoms with Crippen molar-refractivity contribution in [3.63, 3.8) is 0 Å². The van der Waals surface area contributed by atoms with Crippen LogP contribution in [0.3, 0.4) is 0 Å². The summed E-state index contributed by atoms with van der Waals surface area (Å²) in [5.74, 6) is 0.872. The lowest BCUT2D eigenvalue weighted by Gasteiger charge is -2.12. The Kier molecular flexibility index (Phi) is 4.17. The Morgan fingerprint density at radius 3 is 2.28 bits per heavy atom. The number of aryl methyl sites for hydroxylation is 1. The zero-order valence-corrected chi connectivity index (χ0v) is 14.1. The van der Waals surface area contributed by atoms with Crippen LogP contribution in [-0.4, -0.2) is 4.98 Å². The van der Waals surface area contributed by atoms with Crippen LogP contribution in [-0.2, 0) is 6.61 Å². The van der Waals surface area contributed by atoms with Crippen molar-refractivity contribution >= 4 is 10.9 Å². The number of hydrogen-bond acceptors (Lipinski definition) is 2. The lowest BCUT2D eigenvalue weighted by molar-refractivity contribution is 0.310. The van der Waals surface area contributed by atoms with E-state index < -0.39 is 0 Å². The van der Waals surface area contributed by atoms with Crippen LogP contribution in [0.1, 0.15) is 11.1 Å². The fourth-order valence-corrected chi connectivity index (χ4v) is 2.92. The molecular weight excluding hydrogens is 306 g/mol. The summed E-state index contributed by atoms with van der Waals surface area (Å²) in [4.78, 5) is 4.82. The first-order chi connectivity index (χ1) is 12.3. The molecule has 1 aromatic heterocycles. The smallest absolute Gasteiger partial charge is 0.131 e. The van der Waals surface area contributed by atoms with Crippen molar-refractivity contribution in [1.29, 1.82) is 0 Å². The molecule has 0 amide bonds. The molecule has 25 heavy (non-hydrogen) atoms. The van der Waals surface area contributed by atoms with E-state index in [4.69, 9.17) is 9.72 Å². The predicted octanol–water partition coefficient (Wildman–Crippen LogP) is 5.79. The summed E-state index contributed by atoms with van der Waals surface area (Å²) in [6.07, 6.45) is 0. The third kappa shape index (κ3) is 3.38. The summed E-state index contributed by atoms with van der Waals surface area (Å²) in [7, 11) is 0. The Morgan fingerprint density at radius 1 is 0.800 bits per heavy atom. The lowest BCUT2D eigenvalue weighted by Crippen LogP contribution is -1.98. The molecule has 1 heterocycles. The second kappa shape index (κ2) is 6.78. The van der Waals surface area contributed by atoms with Crippen molar-refractivity contribution in [2.24, 2.45) is 0 Å². The minimum Gasteiger partial charge on any atom is -0.488 e. The molecule has 122 valence electrons. The molecule has 0 spiro atoms. The molecule has 0 aliphatic carbocycles. The van der Waals surface area contributed by atoms with Gasteiger partial charge in [0.25, 0.3) is 0 Å². The van der Waals surface area contributed by atoms with E-state index in [2.05, 4.69) is 49.4 Å². The summed E-state index contributed by atoms with van der Waals surface area (Å²) < 4.78 is 6.18. The average Bonchev–Trinajstić information content (AvgIpc) is 2.67. The molecule has 0 aliphatic rings. The van der Waals surface area contributed by atoms with E-state index in [-0.39, 0.29) is 0 Å². The molecule has 0 saturated heterocycles. The monoisotopic (exact) mass is 325 g/mol. The zero-order valence-electron chi connectivity index (χ0n) is 14.1. The Hall–Kier alpha value is -3.13. The Bertz CT molecular complexity index is 994. The van der Waals surface area contributed by atoms with Crippen LogP contribution in [0.5, 0.6) is 5.75 Å². The average molecular weight is 325 g/mol. The maximum absolute atomic E-state index is 6.18. The quantitative estimate of drug-likeness (QED) is 0.474. The summed E-state index contributed by atoms with van der Waals surface area (Å²) in [6, 6.07) is 28.8. The summed E-state index contributed by atoms with van der Waals surface area (Å²) in [5.41, 5.74) is 5.33. The highest BCUT2D eigenvalue weighted by Gasteiger charge is 2.09. The van der Waals surface area contributed by atoms with E-state index in [0.717, 1.165) is 33.5 Å². The van der Waals surface area contributed by atoms with Gasteiger partial charge < -0.3 is 4.74 Å². The number of nitrogens with zero attached hydrogens (tertiary/aromatic N) is 1. The summed E-state index contributed by atoms with van der Waals surface area (Å²) in [6.45, 7) is 2.63. The van der Waals surface area contributed by atoms with Gasteiger partial charge in [0, 0.05) is 17.0 Å². The van der Waals surface area contributed by atoms with Crippen LogP contribution in [0.4, 0.5) is 0 Å². The third-order valence-corrected chi connectivity index (χ3v) is 4.23. The lowest BCUT2D eigenvalue weighted by atomic mass is 10.1. The van der Waals surface area contributed by atoms with E-state index in [1.165, 1.54) is 5.56 Å². The van der Waals surface area contributed by atoms with Gasteiger partial charge in [0.1, 0.15) is 12.4 Å². The summed E-state index contributed by atoms with van der Waals surface area (Å²) >= 11 is 0. The molecule has 0 N–H and O–H groups in total. The maximum Gasteiger partial charge on any atom is 0.131 e. The molecule has 4 rings (SSSR count). The largest absolute Gasteiger partial charge is 0.488 e. The molecular formula is C23H19NO. The van der Waals surface area contributed by atoms with Crippen LogP contribution in [0.25, 0.3) is 22.2 Å². The predicted molar refractivity (Wildman–Crippen MR) is 103 cm³/mol. The minimum atomic E-state index is 0.544. The topological polar surface area (TPSA) is 22.1 Å². The van der Waals surface area contributed by atoms with Crippen LogP contribution in [0.15, 0.2) is 84.9 Å². The van der Waals surface area contributed by atoms with E-state index in [1.807, 2.05) is 42.5 Å².